The van der Waals surface area contributed by atoms with Gasteiger partial charge in [-0.3, -0.25) is 14.5 Å². The Balaban J connectivity index is 2.09. The smallest absolute Gasteiger partial charge is 0.270 e. The van der Waals surface area contributed by atoms with Gasteiger partial charge in [0.15, 0.2) is 11.5 Å². The number of fused-ring (bicyclic) bond motifs is 3. The van der Waals surface area contributed by atoms with Crippen LogP contribution >= 0.6 is 0 Å². The molecule has 2 heterocycles. The third-order valence-electron chi connectivity index (χ3n) is 3.71. The minimum absolute atomic E-state index is 0.0313. The summed E-state index contributed by atoms with van der Waals surface area (Å²) in [5, 5.41) is 11.0. The van der Waals surface area contributed by atoms with Gasteiger partial charge in [-0.05, 0) is 12.1 Å². The van der Waals surface area contributed by atoms with Gasteiger partial charge in [-0.1, -0.05) is 24.3 Å². The van der Waals surface area contributed by atoms with Crippen molar-refractivity contribution in [1.82, 2.24) is 14.4 Å². The summed E-state index contributed by atoms with van der Waals surface area (Å²) < 4.78 is 1.87. The molecule has 112 valence electrons. The van der Waals surface area contributed by atoms with Gasteiger partial charge in [0.25, 0.3) is 5.69 Å². The number of nitrogen functional groups attached to an aromatic ring is 1. The molecule has 0 saturated heterocycles. The number of rotatable bonds is 2. The SMILES string of the molecule is Nc1nc2ccccc2n2c(-c3cccc([N+](=O)[O-])c3)cnc12. The second-order valence-corrected chi connectivity index (χ2v) is 5.10. The fraction of sp³-hybridized carbons (Fsp3) is 0. The molecule has 0 saturated carbocycles. The van der Waals surface area contributed by atoms with Gasteiger partial charge in [0.2, 0.25) is 0 Å². The van der Waals surface area contributed by atoms with E-state index in [-0.39, 0.29) is 5.69 Å². The van der Waals surface area contributed by atoms with Crippen LogP contribution in [0, 0.1) is 10.1 Å². The highest BCUT2D eigenvalue weighted by Gasteiger charge is 2.15. The van der Waals surface area contributed by atoms with E-state index in [0.717, 1.165) is 16.7 Å². The second kappa shape index (κ2) is 4.77. The summed E-state index contributed by atoms with van der Waals surface area (Å²) in [5.41, 5.74) is 9.56. The van der Waals surface area contributed by atoms with Crippen LogP contribution < -0.4 is 5.73 Å². The monoisotopic (exact) mass is 305 g/mol. The standard InChI is InChI=1S/C16H11N5O2/c17-15-16-18-9-14(10-4-3-5-11(8-10)21(22)23)20(16)13-7-2-1-6-12(13)19-15/h1-9H,(H2,17,19). The number of hydrogen-bond donors (Lipinski definition) is 1. The number of nitrogens with two attached hydrogens (primary N) is 1. The van der Waals surface area contributed by atoms with E-state index in [9.17, 15) is 10.1 Å². The lowest BCUT2D eigenvalue weighted by molar-refractivity contribution is -0.384. The molecular weight excluding hydrogens is 294 g/mol. The lowest BCUT2D eigenvalue weighted by atomic mass is 10.1. The summed E-state index contributed by atoms with van der Waals surface area (Å²) in [6.45, 7) is 0. The van der Waals surface area contributed by atoms with Gasteiger partial charge in [0.05, 0.1) is 27.8 Å². The molecule has 2 aromatic carbocycles. The third kappa shape index (κ3) is 1.98. The Morgan fingerprint density at radius 3 is 2.78 bits per heavy atom. The maximum atomic E-state index is 11.0. The predicted octanol–water partition coefficient (Wildman–Crippen LogP) is 3.04. The Labute approximate surface area is 130 Å². The highest BCUT2D eigenvalue weighted by Crippen LogP contribution is 2.29. The molecule has 0 fully saturated rings. The first-order chi connectivity index (χ1) is 11.1. The number of para-hydroxylation sites is 2. The van der Waals surface area contributed by atoms with Crippen molar-refractivity contribution >= 4 is 28.2 Å². The summed E-state index contributed by atoms with van der Waals surface area (Å²) >= 11 is 0. The van der Waals surface area contributed by atoms with E-state index >= 15 is 0 Å². The number of nitrogens with zero attached hydrogens (tertiary/aromatic N) is 4. The number of anilines is 1. The van der Waals surface area contributed by atoms with Crippen LogP contribution in [-0.2, 0) is 0 Å². The first-order valence-corrected chi connectivity index (χ1v) is 6.91. The Morgan fingerprint density at radius 1 is 1.13 bits per heavy atom. The molecule has 0 bridgehead atoms. The van der Waals surface area contributed by atoms with Crippen LogP contribution in [0.2, 0.25) is 0 Å². The van der Waals surface area contributed by atoms with Crippen molar-refractivity contribution < 1.29 is 4.92 Å². The molecule has 0 aliphatic heterocycles. The molecule has 4 rings (SSSR count). The molecular formula is C16H11N5O2. The average Bonchev–Trinajstić information content (AvgIpc) is 3.01. The first kappa shape index (κ1) is 13.2. The quantitative estimate of drug-likeness (QED) is 0.453. The third-order valence-corrected chi connectivity index (χ3v) is 3.71. The summed E-state index contributed by atoms with van der Waals surface area (Å²) in [4.78, 5) is 19.3. The first-order valence-electron chi connectivity index (χ1n) is 6.91. The molecule has 0 aliphatic carbocycles. The topological polar surface area (TPSA) is 99.3 Å². The number of nitro groups is 1. The van der Waals surface area contributed by atoms with Gasteiger partial charge in [-0.2, -0.15) is 0 Å². The fourth-order valence-corrected chi connectivity index (χ4v) is 2.69. The number of nitro benzene ring substituents is 1. The lowest BCUT2D eigenvalue weighted by Gasteiger charge is -2.07. The van der Waals surface area contributed by atoms with E-state index in [1.807, 2.05) is 34.7 Å². The molecule has 4 aromatic rings. The van der Waals surface area contributed by atoms with E-state index in [1.165, 1.54) is 12.1 Å². The van der Waals surface area contributed by atoms with E-state index in [0.29, 0.717) is 17.0 Å². The molecule has 0 atom stereocenters. The van der Waals surface area contributed by atoms with E-state index in [1.54, 1.807) is 12.3 Å². The summed E-state index contributed by atoms with van der Waals surface area (Å²) in [6.07, 6.45) is 1.65. The molecule has 0 radical (unpaired) electrons. The Bertz CT molecular complexity index is 1070. The zero-order valence-corrected chi connectivity index (χ0v) is 11.9. The number of aromatic nitrogens is 3. The number of benzene rings is 2. The zero-order chi connectivity index (χ0) is 16.0. The summed E-state index contributed by atoms with van der Waals surface area (Å²) in [5.74, 6) is 0.320. The van der Waals surface area contributed by atoms with Gasteiger partial charge < -0.3 is 5.73 Å². The van der Waals surface area contributed by atoms with Gasteiger partial charge >= 0.3 is 0 Å². The fourth-order valence-electron chi connectivity index (χ4n) is 2.69. The Kier molecular flexibility index (Phi) is 2.74. The van der Waals surface area contributed by atoms with Crippen molar-refractivity contribution in [1.29, 1.82) is 0 Å². The van der Waals surface area contributed by atoms with Crippen molar-refractivity contribution in [2.24, 2.45) is 0 Å². The molecule has 0 unspecified atom stereocenters. The molecule has 2 aromatic heterocycles. The molecule has 2 N–H and O–H groups in total. The average molecular weight is 305 g/mol. The highest BCUT2D eigenvalue weighted by atomic mass is 16.6. The normalized spacial score (nSPS) is 11.1. The highest BCUT2D eigenvalue weighted by molar-refractivity contribution is 5.85. The van der Waals surface area contributed by atoms with Crippen molar-refractivity contribution in [3.8, 4) is 11.3 Å². The van der Waals surface area contributed by atoms with Crippen LogP contribution in [0.15, 0.2) is 54.7 Å². The minimum atomic E-state index is -0.416. The van der Waals surface area contributed by atoms with E-state index in [2.05, 4.69) is 9.97 Å². The van der Waals surface area contributed by atoms with Gasteiger partial charge in [0.1, 0.15) is 0 Å². The van der Waals surface area contributed by atoms with E-state index in [4.69, 9.17) is 5.73 Å². The van der Waals surface area contributed by atoms with Crippen LogP contribution in [0.4, 0.5) is 11.5 Å². The Morgan fingerprint density at radius 2 is 1.96 bits per heavy atom. The summed E-state index contributed by atoms with van der Waals surface area (Å²) in [6, 6.07) is 14.0. The minimum Gasteiger partial charge on any atom is -0.381 e. The predicted molar refractivity (Wildman–Crippen MR) is 87.0 cm³/mol. The van der Waals surface area contributed by atoms with Gasteiger partial charge in [0, 0.05) is 17.7 Å². The maximum Gasteiger partial charge on any atom is 0.270 e. The largest absolute Gasteiger partial charge is 0.381 e. The number of hydrogen-bond acceptors (Lipinski definition) is 5. The molecule has 0 aliphatic rings. The molecule has 7 nitrogen and oxygen atoms in total. The number of imidazole rings is 1. The van der Waals surface area contributed by atoms with Crippen molar-refractivity contribution in [2.75, 3.05) is 5.73 Å². The zero-order valence-electron chi connectivity index (χ0n) is 11.9. The molecule has 23 heavy (non-hydrogen) atoms. The molecule has 0 amide bonds. The number of non-ortho nitro benzene ring substituents is 1. The van der Waals surface area contributed by atoms with Crippen LogP contribution in [0.3, 0.4) is 0 Å². The molecule has 7 heteroatoms. The Hall–Kier alpha value is -3.48. The summed E-state index contributed by atoms with van der Waals surface area (Å²) in [7, 11) is 0. The van der Waals surface area contributed by atoms with Crippen molar-refractivity contribution in [3.05, 3.63) is 64.8 Å². The van der Waals surface area contributed by atoms with Gasteiger partial charge in [-0.15, -0.1) is 0 Å². The van der Waals surface area contributed by atoms with Gasteiger partial charge in [-0.25, -0.2) is 9.97 Å². The van der Waals surface area contributed by atoms with Crippen LogP contribution in [-0.4, -0.2) is 19.3 Å². The van der Waals surface area contributed by atoms with E-state index < -0.39 is 4.92 Å². The van der Waals surface area contributed by atoms with Crippen molar-refractivity contribution in [3.63, 3.8) is 0 Å². The van der Waals surface area contributed by atoms with Crippen molar-refractivity contribution in [2.45, 2.75) is 0 Å². The maximum absolute atomic E-state index is 11.0. The second-order valence-electron chi connectivity index (χ2n) is 5.10. The molecule has 0 spiro atoms. The lowest BCUT2D eigenvalue weighted by Crippen LogP contribution is -2.00. The van der Waals surface area contributed by atoms with Crippen LogP contribution in [0.5, 0.6) is 0 Å². The van der Waals surface area contributed by atoms with Crippen LogP contribution in [0.25, 0.3) is 27.9 Å². The van der Waals surface area contributed by atoms with Crippen LogP contribution in [0.1, 0.15) is 0 Å².